The Morgan fingerprint density at radius 1 is 1.47 bits per heavy atom. The summed E-state index contributed by atoms with van der Waals surface area (Å²) in [6.45, 7) is 5.84. The van der Waals surface area contributed by atoms with Crippen LogP contribution in [0.1, 0.15) is 25.0 Å². The first-order valence-electron chi connectivity index (χ1n) is 6.47. The Labute approximate surface area is 101 Å². The van der Waals surface area contributed by atoms with Crippen molar-refractivity contribution in [2.75, 3.05) is 25.0 Å². The van der Waals surface area contributed by atoms with E-state index in [-0.39, 0.29) is 5.56 Å². The minimum Gasteiger partial charge on any atom is -0.385 e. The molecule has 0 spiro atoms. The summed E-state index contributed by atoms with van der Waals surface area (Å²) in [5, 5.41) is 6.70. The highest BCUT2D eigenvalue weighted by atomic mass is 16.1. The second-order valence-electron chi connectivity index (χ2n) is 5.10. The number of fused-ring (bicyclic) bond motifs is 4. The number of hydrogen-bond acceptors (Lipinski definition) is 3. The normalized spacial score (nSPS) is 26.4. The molecule has 3 rings (SSSR count). The first-order chi connectivity index (χ1) is 8.28. The summed E-state index contributed by atoms with van der Waals surface area (Å²) in [6, 6.07) is 3.88. The molecule has 0 unspecified atom stereocenters. The van der Waals surface area contributed by atoms with Gasteiger partial charge in [-0.3, -0.25) is 4.79 Å². The highest BCUT2D eigenvalue weighted by molar-refractivity contribution is 5.44. The maximum absolute atomic E-state index is 12.1. The third-order valence-corrected chi connectivity index (χ3v) is 3.84. The van der Waals surface area contributed by atoms with E-state index < -0.39 is 0 Å². The third-order valence-electron chi connectivity index (χ3n) is 3.84. The zero-order chi connectivity index (χ0) is 11.8. The summed E-state index contributed by atoms with van der Waals surface area (Å²) in [7, 11) is 0. The molecule has 2 aliphatic heterocycles. The Balaban J connectivity index is 2.05. The molecule has 0 amide bonds. The van der Waals surface area contributed by atoms with E-state index in [0.717, 1.165) is 31.9 Å². The number of nitrogens with one attached hydrogen (secondary N) is 2. The second-order valence-corrected chi connectivity index (χ2v) is 5.10. The fourth-order valence-electron chi connectivity index (χ4n) is 3.11. The van der Waals surface area contributed by atoms with Gasteiger partial charge in [0.25, 0.3) is 5.56 Å². The number of rotatable bonds is 2. The first kappa shape index (κ1) is 10.8. The summed E-state index contributed by atoms with van der Waals surface area (Å²) in [5.41, 5.74) is 2.32. The van der Waals surface area contributed by atoms with Crippen LogP contribution in [0.2, 0.25) is 0 Å². The molecule has 2 aliphatic rings. The number of nitrogens with zero attached hydrogens (tertiary/aromatic N) is 1. The lowest BCUT2D eigenvalue weighted by Gasteiger charge is -2.37. The van der Waals surface area contributed by atoms with Gasteiger partial charge >= 0.3 is 0 Å². The molecule has 1 fully saturated rings. The van der Waals surface area contributed by atoms with Gasteiger partial charge < -0.3 is 15.2 Å². The molecule has 0 aromatic carbocycles. The SMILES string of the molecule is CCNc1cc2n(c(=O)c1)C[C@@H]1CNC[C@H]2C1. The van der Waals surface area contributed by atoms with Gasteiger partial charge in [-0.2, -0.15) is 0 Å². The molecule has 92 valence electrons. The zero-order valence-corrected chi connectivity index (χ0v) is 10.2. The van der Waals surface area contributed by atoms with Crippen molar-refractivity contribution in [3.63, 3.8) is 0 Å². The van der Waals surface area contributed by atoms with Crippen LogP contribution in [0.4, 0.5) is 5.69 Å². The van der Waals surface area contributed by atoms with Crippen LogP contribution in [0.3, 0.4) is 0 Å². The lowest BCUT2D eigenvalue weighted by molar-refractivity contribution is 0.257. The summed E-state index contributed by atoms with van der Waals surface area (Å²) in [6.07, 6.45) is 1.22. The summed E-state index contributed by atoms with van der Waals surface area (Å²) >= 11 is 0. The van der Waals surface area contributed by atoms with Gasteiger partial charge in [-0.05, 0) is 31.9 Å². The largest absolute Gasteiger partial charge is 0.385 e. The van der Waals surface area contributed by atoms with Gasteiger partial charge in [0.2, 0.25) is 0 Å². The van der Waals surface area contributed by atoms with Crippen molar-refractivity contribution in [1.29, 1.82) is 0 Å². The molecule has 1 aromatic heterocycles. The first-order valence-corrected chi connectivity index (χ1v) is 6.47. The van der Waals surface area contributed by atoms with E-state index in [2.05, 4.69) is 23.6 Å². The number of aromatic nitrogens is 1. The molecule has 0 radical (unpaired) electrons. The van der Waals surface area contributed by atoms with E-state index >= 15 is 0 Å². The predicted molar refractivity (Wildman–Crippen MR) is 68.6 cm³/mol. The van der Waals surface area contributed by atoms with Gasteiger partial charge in [0.05, 0.1) is 0 Å². The molecule has 0 saturated carbocycles. The van der Waals surface area contributed by atoms with Crippen LogP contribution in [0, 0.1) is 5.92 Å². The van der Waals surface area contributed by atoms with Crippen LogP contribution in [0.25, 0.3) is 0 Å². The van der Waals surface area contributed by atoms with E-state index in [1.165, 1.54) is 12.1 Å². The average molecular weight is 233 g/mol. The van der Waals surface area contributed by atoms with Gasteiger partial charge in [0.1, 0.15) is 0 Å². The zero-order valence-electron chi connectivity index (χ0n) is 10.2. The maximum atomic E-state index is 12.1. The molecule has 4 nitrogen and oxygen atoms in total. The highest BCUT2D eigenvalue weighted by Gasteiger charge is 2.30. The van der Waals surface area contributed by atoms with Crippen LogP contribution in [0.5, 0.6) is 0 Å². The van der Waals surface area contributed by atoms with Crippen LogP contribution >= 0.6 is 0 Å². The Morgan fingerprint density at radius 2 is 2.35 bits per heavy atom. The summed E-state index contributed by atoms with van der Waals surface area (Å²) in [5.74, 6) is 1.14. The molecule has 0 aliphatic carbocycles. The average Bonchev–Trinajstić information content (AvgIpc) is 2.32. The number of pyridine rings is 1. The van der Waals surface area contributed by atoms with Crippen LogP contribution in [0.15, 0.2) is 16.9 Å². The highest BCUT2D eigenvalue weighted by Crippen LogP contribution is 2.32. The molecule has 4 heteroatoms. The van der Waals surface area contributed by atoms with E-state index in [1.54, 1.807) is 6.07 Å². The molecule has 3 heterocycles. The minimum absolute atomic E-state index is 0.148. The molecule has 1 saturated heterocycles. The Kier molecular flexibility index (Phi) is 2.67. The van der Waals surface area contributed by atoms with Crippen LogP contribution in [-0.4, -0.2) is 24.2 Å². The number of piperidine rings is 1. The standard InChI is InChI=1S/C13H19N3O/c1-2-15-11-4-12-10-3-9(6-14-7-10)8-16(12)13(17)5-11/h4-5,9-10,14-15H,2-3,6-8H2,1H3/t9-,10+/m0/s1. The van der Waals surface area contributed by atoms with Crippen molar-refractivity contribution < 1.29 is 0 Å². The van der Waals surface area contributed by atoms with Crippen LogP contribution in [-0.2, 0) is 6.54 Å². The van der Waals surface area contributed by atoms with Crippen molar-refractivity contribution in [2.45, 2.75) is 25.8 Å². The van der Waals surface area contributed by atoms with E-state index in [0.29, 0.717) is 11.8 Å². The van der Waals surface area contributed by atoms with Gasteiger partial charge in [-0.25, -0.2) is 0 Å². The lowest BCUT2D eigenvalue weighted by atomic mass is 9.84. The quantitative estimate of drug-likeness (QED) is 0.800. The summed E-state index contributed by atoms with van der Waals surface area (Å²) in [4.78, 5) is 12.1. The van der Waals surface area contributed by atoms with Gasteiger partial charge in [0.15, 0.2) is 0 Å². The number of hydrogen-bond donors (Lipinski definition) is 2. The fourth-order valence-corrected chi connectivity index (χ4v) is 3.11. The van der Waals surface area contributed by atoms with Crippen LogP contribution < -0.4 is 16.2 Å². The lowest BCUT2D eigenvalue weighted by Crippen LogP contribution is -2.44. The smallest absolute Gasteiger partial charge is 0.252 e. The van der Waals surface area contributed by atoms with Gasteiger partial charge in [-0.15, -0.1) is 0 Å². The second kappa shape index (κ2) is 4.18. The molecule has 17 heavy (non-hydrogen) atoms. The van der Waals surface area contributed by atoms with Gasteiger partial charge in [-0.1, -0.05) is 0 Å². The Bertz CT molecular complexity index is 480. The van der Waals surface area contributed by atoms with Crippen molar-refractivity contribution >= 4 is 5.69 Å². The monoisotopic (exact) mass is 233 g/mol. The molecule has 2 N–H and O–H groups in total. The van der Waals surface area contributed by atoms with Crippen molar-refractivity contribution in [1.82, 2.24) is 9.88 Å². The Hall–Kier alpha value is -1.29. The summed E-state index contributed by atoms with van der Waals surface area (Å²) < 4.78 is 1.97. The van der Waals surface area contributed by atoms with E-state index in [1.807, 2.05) is 4.57 Å². The Morgan fingerprint density at radius 3 is 3.18 bits per heavy atom. The maximum Gasteiger partial charge on any atom is 0.252 e. The van der Waals surface area contributed by atoms with Crippen molar-refractivity contribution in [3.05, 3.63) is 28.2 Å². The fraction of sp³-hybridized carbons (Fsp3) is 0.615. The van der Waals surface area contributed by atoms with Gasteiger partial charge in [0, 0.05) is 43.0 Å². The van der Waals surface area contributed by atoms with Crippen molar-refractivity contribution in [2.24, 2.45) is 5.92 Å². The predicted octanol–water partition coefficient (Wildman–Crippen LogP) is 0.987. The molecule has 2 atom stereocenters. The molecular weight excluding hydrogens is 214 g/mol. The minimum atomic E-state index is 0.148. The third kappa shape index (κ3) is 1.86. The molecular formula is C13H19N3O. The van der Waals surface area contributed by atoms with E-state index in [9.17, 15) is 4.79 Å². The molecule has 2 bridgehead atoms. The number of anilines is 1. The topological polar surface area (TPSA) is 46.1 Å². The van der Waals surface area contributed by atoms with E-state index in [4.69, 9.17) is 0 Å². The van der Waals surface area contributed by atoms with Crippen molar-refractivity contribution in [3.8, 4) is 0 Å². The molecule has 1 aromatic rings.